The van der Waals surface area contributed by atoms with Gasteiger partial charge in [0.25, 0.3) is 0 Å². The summed E-state index contributed by atoms with van der Waals surface area (Å²) in [5.74, 6) is 0. The highest BCUT2D eigenvalue weighted by atomic mass is 14.6. The SMILES string of the molecule is CC1(C)c2ccccc2-c2ccc(-c3c(N)ccc4ccccc34)cc21. The van der Waals surface area contributed by atoms with Crippen molar-refractivity contribution in [1.82, 2.24) is 0 Å². The zero-order chi connectivity index (χ0) is 17.9. The van der Waals surface area contributed by atoms with E-state index in [1.165, 1.54) is 38.6 Å². The Morgan fingerprint density at radius 3 is 2.31 bits per heavy atom. The molecule has 2 N–H and O–H groups in total. The molecule has 0 heterocycles. The Morgan fingerprint density at radius 1 is 0.692 bits per heavy atom. The average Bonchev–Trinajstić information content (AvgIpc) is 2.89. The molecule has 0 amide bonds. The Hall–Kier alpha value is -3.06. The fraction of sp³-hybridized carbons (Fsp3) is 0.120. The van der Waals surface area contributed by atoms with Crippen molar-refractivity contribution in [3.8, 4) is 22.3 Å². The molecule has 5 rings (SSSR count). The molecule has 0 aromatic heterocycles. The smallest absolute Gasteiger partial charge is 0.0400 e. The van der Waals surface area contributed by atoms with E-state index in [-0.39, 0.29) is 5.41 Å². The number of nitrogens with two attached hydrogens (primary N) is 1. The van der Waals surface area contributed by atoms with Crippen molar-refractivity contribution in [2.75, 3.05) is 5.73 Å². The quantitative estimate of drug-likeness (QED) is 0.400. The fourth-order valence-corrected chi connectivity index (χ4v) is 4.47. The predicted octanol–water partition coefficient (Wildman–Crippen LogP) is 6.40. The van der Waals surface area contributed by atoms with Gasteiger partial charge in [-0.25, -0.2) is 0 Å². The van der Waals surface area contributed by atoms with Crippen molar-refractivity contribution in [3.05, 3.63) is 90.0 Å². The molecular weight excluding hydrogens is 314 g/mol. The van der Waals surface area contributed by atoms with E-state index in [4.69, 9.17) is 5.73 Å². The number of hydrogen-bond donors (Lipinski definition) is 1. The zero-order valence-corrected chi connectivity index (χ0v) is 15.1. The highest BCUT2D eigenvalue weighted by Crippen LogP contribution is 2.50. The zero-order valence-electron chi connectivity index (χ0n) is 15.1. The van der Waals surface area contributed by atoms with Crippen LogP contribution in [0, 0.1) is 0 Å². The second kappa shape index (κ2) is 5.22. The molecule has 26 heavy (non-hydrogen) atoms. The number of fused-ring (bicyclic) bond motifs is 4. The molecule has 0 spiro atoms. The van der Waals surface area contributed by atoms with Gasteiger partial charge in [-0.3, -0.25) is 0 Å². The van der Waals surface area contributed by atoms with Gasteiger partial charge in [0.1, 0.15) is 0 Å². The van der Waals surface area contributed by atoms with Crippen molar-refractivity contribution >= 4 is 16.5 Å². The van der Waals surface area contributed by atoms with Gasteiger partial charge in [-0.2, -0.15) is 0 Å². The van der Waals surface area contributed by atoms with Crippen LogP contribution in [0.25, 0.3) is 33.0 Å². The van der Waals surface area contributed by atoms with Crippen LogP contribution in [0.15, 0.2) is 78.9 Å². The minimum atomic E-state index is 0.00127. The minimum absolute atomic E-state index is 0.00127. The summed E-state index contributed by atoms with van der Waals surface area (Å²) in [7, 11) is 0. The summed E-state index contributed by atoms with van der Waals surface area (Å²) < 4.78 is 0. The second-order valence-electron chi connectivity index (χ2n) is 7.68. The van der Waals surface area contributed by atoms with Gasteiger partial charge in [0.05, 0.1) is 0 Å². The van der Waals surface area contributed by atoms with E-state index in [1.54, 1.807) is 0 Å². The van der Waals surface area contributed by atoms with Gasteiger partial charge in [0.2, 0.25) is 0 Å². The first-order valence-electron chi connectivity index (χ1n) is 9.09. The van der Waals surface area contributed by atoms with Crippen molar-refractivity contribution in [2.45, 2.75) is 19.3 Å². The Bertz CT molecular complexity index is 1170. The van der Waals surface area contributed by atoms with Crippen molar-refractivity contribution in [2.24, 2.45) is 0 Å². The van der Waals surface area contributed by atoms with Crippen LogP contribution in [0.1, 0.15) is 25.0 Å². The van der Waals surface area contributed by atoms with Crippen LogP contribution in [-0.4, -0.2) is 0 Å². The third-order valence-electron chi connectivity index (χ3n) is 5.83. The normalized spacial score (nSPS) is 14.2. The standard InChI is InChI=1S/C25H21N/c1-25(2)21-10-6-5-9-19(21)20-13-11-17(15-22(20)25)24-18-8-4-3-7-16(18)12-14-23(24)26/h3-15H,26H2,1-2H3. The lowest BCUT2D eigenvalue weighted by Crippen LogP contribution is -2.14. The lowest BCUT2D eigenvalue weighted by atomic mass is 9.81. The Kier molecular flexibility index (Phi) is 3.05. The summed E-state index contributed by atoms with van der Waals surface area (Å²) in [5.41, 5.74) is 15.0. The van der Waals surface area contributed by atoms with Gasteiger partial charge in [-0.05, 0) is 50.7 Å². The molecule has 1 aliphatic carbocycles. The average molecular weight is 335 g/mol. The number of nitrogen functional groups attached to an aromatic ring is 1. The molecule has 1 aliphatic rings. The molecule has 0 radical (unpaired) electrons. The highest BCUT2D eigenvalue weighted by Gasteiger charge is 2.35. The van der Waals surface area contributed by atoms with Crippen LogP contribution in [0.5, 0.6) is 0 Å². The van der Waals surface area contributed by atoms with E-state index in [2.05, 4.69) is 86.6 Å². The summed E-state index contributed by atoms with van der Waals surface area (Å²) in [6.45, 7) is 4.63. The molecule has 0 aliphatic heterocycles. The van der Waals surface area contributed by atoms with Crippen LogP contribution < -0.4 is 5.73 Å². The maximum Gasteiger partial charge on any atom is 0.0400 e. The first kappa shape index (κ1) is 15.2. The van der Waals surface area contributed by atoms with Gasteiger partial charge in [-0.15, -0.1) is 0 Å². The molecule has 4 aromatic rings. The van der Waals surface area contributed by atoms with Gasteiger partial charge in [0, 0.05) is 16.7 Å². The van der Waals surface area contributed by atoms with Gasteiger partial charge in [0.15, 0.2) is 0 Å². The van der Waals surface area contributed by atoms with Gasteiger partial charge in [-0.1, -0.05) is 80.6 Å². The van der Waals surface area contributed by atoms with Crippen LogP contribution in [0.4, 0.5) is 5.69 Å². The Morgan fingerprint density at radius 2 is 1.42 bits per heavy atom. The number of benzene rings is 4. The molecule has 0 saturated heterocycles. The molecule has 0 saturated carbocycles. The second-order valence-corrected chi connectivity index (χ2v) is 7.68. The number of hydrogen-bond acceptors (Lipinski definition) is 1. The number of anilines is 1. The summed E-state index contributed by atoms with van der Waals surface area (Å²) in [5, 5.41) is 2.43. The highest BCUT2D eigenvalue weighted by molar-refractivity contribution is 6.02. The summed E-state index contributed by atoms with van der Waals surface area (Å²) >= 11 is 0. The third-order valence-corrected chi connectivity index (χ3v) is 5.83. The van der Waals surface area contributed by atoms with E-state index in [9.17, 15) is 0 Å². The minimum Gasteiger partial charge on any atom is -0.398 e. The largest absolute Gasteiger partial charge is 0.398 e. The van der Waals surface area contributed by atoms with Gasteiger partial charge < -0.3 is 5.73 Å². The van der Waals surface area contributed by atoms with E-state index < -0.39 is 0 Å². The molecule has 0 atom stereocenters. The molecule has 0 unspecified atom stereocenters. The first-order chi connectivity index (χ1) is 12.6. The molecule has 4 aromatic carbocycles. The van der Waals surface area contributed by atoms with Crippen LogP contribution in [0.2, 0.25) is 0 Å². The van der Waals surface area contributed by atoms with Crippen LogP contribution in [0.3, 0.4) is 0 Å². The third kappa shape index (κ3) is 1.97. The molecule has 1 heteroatoms. The van der Waals surface area contributed by atoms with E-state index in [0.717, 1.165) is 11.3 Å². The Balaban J connectivity index is 1.79. The summed E-state index contributed by atoms with van der Waals surface area (Å²) in [6, 6.07) is 28.1. The topological polar surface area (TPSA) is 26.0 Å². The fourth-order valence-electron chi connectivity index (χ4n) is 4.47. The van der Waals surface area contributed by atoms with E-state index in [0.29, 0.717) is 0 Å². The van der Waals surface area contributed by atoms with Crippen molar-refractivity contribution in [1.29, 1.82) is 0 Å². The van der Waals surface area contributed by atoms with E-state index in [1.807, 2.05) is 6.07 Å². The van der Waals surface area contributed by atoms with Crippen molar-refractivity contribution in [3.63, 3.8) is 0 Å². The van der Waals surface area contributed by atoms with Crippen LogP contribution in [-0.2, 0) is 5.41 Å². The molecule has 126 valence electrons. The van der Waals surface area contributed by atoms with Crippen LogP contribution >= 0.6 is 0 Å². The maximum absolute atomic E-state index is 6.42. The first-order valence-corrected chi connectivity index (χ1v) is 9.09. The monoisotopic (exact) mass is 335 g/mol. The number of rotatable bonds is 1. The van der Waals surface area contributed by atoms with Gasteiger partial charge >= 0.3 is 0 Å². The lowest BCUT2D eigenvalue weighted by molar-refractivity contribution is 0.660. The molecule has 0 fully saturated rings. The molecule has 0 bridgehead atoms. The summed E-state index contributed by atoms with van der Waals surface area (Å²) in [4.78, 5) is 0. The van der Waals surface area contributed by atoms with E-state index >= 15 is 0 Å². The summed E-state index contributed by atoms with van der Waals surface area (Å²) in [6.07, 6.45) is 0. The Labute approximate surface area is 154 Å². The lowest BCUT2D eigenvalue weighted by Gasteiger charge is -2.22. The van der Waals surface area contributed by atoms with Crippen molar-refractivity contribution < 1.29 is 0 Å². The molecular formula is C25H21N. The predicted molar refractivity (Wildman–Crippen MR) is 111 cm³/mol. The maximum atomic E-state index is 6.42. The molecule has 1 nitrogen and oxygen atoms in total.